The van der Waals surface area contributed by atoms with Crippen LogP contribution in [-0.4, -0.2) is 30.8 Å². The van der Waals surface area contributed by atoms with Crippen molar-refractivity contribution in [3.05, 3.63) is 48.4 Å². The first-order valence-corrected chi connectivity index (χ1v) is 8.34. The number of nitrogens with zero attached hydrogens (tertiary/aromatic N) is 1. The standard InChI is InChI=1S/C18H23N3O3/c22-16(17-8-5-11-24-17)13-19-18(23)20-14-6-4-7-15(12-14)21-9-2-1-3-10-21/h4-8,11-12,16,22H,1-3,9-10,13H2,(H2,19,20,23). The number of furan rings is 1. The SMILES string of the molecule is O=C(NCC(O)c1ccco1)Nc1cccc(N2CCCCC2)c1. The third kappa shape index (κ3) is 4.29. The fraction of sp³-hybridized carbons (Fsp3) is 0.389. The third-order valence-corrected chi connectivity index (χ3v) is 4.15. The van der Waals surface area contributed by atoms with Gasteiger partial charge in [-0.05, 0) is 49.6 Å². The monoisotopic (exact) mass is 329 g/mol. The predicted octanol–water partition coefficient (Wildman–Crippen LogP) is 3.13. The maximum Gasteiger partial charge on any atom is 0.319 e. The van der Waals surface area contributed by atoms with E-state index in [1.54, 1.807) is 12.1 Å². The number of piperidine rings is 1. The van der Waals surface area contributed by atoms with Gasteiger partial charge in [0.15, 0.2) is 0 Å². The summed E-state index contributed by atoms with van der Waals surface area (Å²) < 4.78 is 5.10. The van der Waals surface area contributed by atoms with Gasteiger partial charge in [-0.1, -0.05) is 6.07 Å². The molecule has 1 aromatic carbocycles. The molecule has 2 aromatic rings. The minimum atomic E-state index is -0.856. The highest BCUT2D eigenvalue weighted by Crippen LogP contribution is 2.23. The quantitative estimate of drug-likeness (QED) is 0.787. The highest BCUT2D eigenvalue weighted by Gasteiger charge is 2.13. The summed E-state index contributed by atoms with van der Waals surface area (Å²) in [6.45, 7) is 2.21. The molecule has 6 nitrogen and oxygen atoms in total. The van der Waals surface area contributed by atoms with E-state index in [0.29, 0.717) is 5.76 Å². The van der Waals surface area contributed by atoms with Crippen molar-refractivity contribution in [2.75, 3.05) is 29.9 Å². The Labute approximate surface area is 141 Å². The molecule has 1 atom stereocenters. The number of aliphatic hydroxyl groups excluding tert-OH is 1. The molecule has 2 heterocycles. The van der Waals surface area contributed by atoms with E-state index < -0.39 is 6.10 Å². The maximum atomic E-state index is 12.0. The predicted molar refractivity (Wildman–Crippen MR) is 93.2 cm³/mol. The smallest absolute Gasteiger partial charge is 0.319 e. The van der Waals surface area contributed by atoms with E-state index in [4.69, 9.17) is 4.42 Å². The maximum absolute atomic E-state index is 12.0. The lowest BCUT2D eigenvalue weighted by atomic mass is 10.1. The minimum Gasteiger partial charge on any atom is -0.467 e. The number of nitrogens with one attached hydrogen (secondary N) is 2. The Morgan fingerprint density at radius 2 is 2.04 bits per heavy atom. The molecule has 0 radical (unpaired) electrons. The zero-order valence-electron chi connectivity index (χ0n) is 13.6. The second-order valence-electron chi connectivity index (χ2n) is 5.96. The molecule has 1 unspecified atom stereocenters. The van der Waals surface area contributed by atoms with E-state index in [9.17, 15) is 9.90 Å². The Bertz CT molecular complexity index is 651. The van der Waals surface area contributed by atoms with Gasteiger partial charge in [0.05, 0.1) is 12.8 Å². The first-order valence-electron chi connectivity index (χ1n) is 8.34. The van der Waals surface area contributed by atoms with E-state index in [-0.39, 0.29) is 12.6 Å². The second kappa shape index (κ2) is 7.88. The van der Waals surface area contributed by atoms with Crippen LogP contribution in [0.4, 0.5) is 16.2 Å². The van der Waals surface area contributed by atoms with Crippen LogP contribution in [0.3, 0.4) is 0 Å². The van der Waals surface area contributed by atoms with Gasteiger partial charge in [0.25, 0.3) is 0 Å². The summed E-state index contributed by atoms with van der Waals surface area (Å²) >= 11 is 0. The molecule has 0 bridgehead atoms. The van der Waals surface area contributed by atoms with Crippen molar-refractivity contribution in [3.63, 3.8) is 0 Å². The molecule has 3 N–H and O–H groups in total. The Balaban J connectivity index is 1.52. The zero-order chi connectivity index (χ0) is 16.8. The number of urea groups is 1. The molecule has 1 saturated heterocycles. The highest BCUT2D eigenvalue weighted by molar-refractivity contribution is 5.89. The number of rotatable bonds is 5. The first kappa shape index (κ1) is 16.4. The number of hydrogen-bond acceptors (Lipinski definition) is 4. The van der Waals surface area contributed by atoms with Crippen LogP contribution in [0.2, 0.25) is 0 Å². The second-order valence-corrected chi connectivity index (χ2v) is 5.96. The largest absolute Gasteiger partial charge is 0.467 e. The van der Waals surface area contributed by atoms with Crippen molar-refractivity contribution in [1.82, 2.24) is 5.32 Å². The summed E-state index contributed by atoms with van der Waals surface area (Å²) in [5, 5.41) is 15.3. The number of benzene rings is 1. The lowest BCUT2D eigenvalue weighted by Gasteiger charge is -2.29. The molecule has 6 heteroatoms. The van der Waals surface area contributed by atoms with Gasteiger partial charge in [-0.3, -0.25) is 0 Å². The lowest BCUT2D eigenvalue weighted by Crippen LogP contribution is -2.32. The molecule has 0 saturated carbocycles. The molecule has 24 heavy (non-hydrogen) atoms. The summed E-state index contributed by atoms with van der Waals surface area (Å²) in [5.41, 5.74) is 1.87. The Morgan fingerprint density at radius 3 is 2.79 bits per heavy atom. The van der Waals surface area contributed by atoms with Gasteiger partial charge in [0.1, 0.15) is 11.9 Å². The fourth-order valence-electron chi connectivity index (χ4n) is 2.88. The van der Waals surface area contributed by atoms with E-state index in [2.05, 4.69) is 21.6 Å². The molecule has 1 aliphatic heterocycles. The summed E-state index contributed by atoms with van der Waals surface area (Å²) in [4.78, 5) is 14.3. The van der Waals surface area contributed by atoms with Crippen LogP contribution in [0.1, 0.15) is 31.1 Å². The number of anilines is 2. The van der Waals surface area contributed by atoms with Gasteiger partial charge in [0, 0.05) is 24.5 Å². The van der Waals surface area contributed by atoms with Crippen molar-refractivity contribution >= 4 is 17.4 Å². The highest BCUT2D eigenvalue weighted by atomic mass is 16.4. The zero-order valence-corrected chi connectivity index (χ0v) is 13.6. The van der Waals surface area contributed by atoms with Crippen LogP contribution in [0.25, 0.3) is 0 Å². The number of carbonyl (C=O) groups is 1. The van der Waals surface area contributed by atoms with Crippen LogP contribution in [0.15, 0.2) is 47.1 Å². The number of hydrogen-bond donors (Lipinski definition) is 3. The molecule has 2 amide bonds. The number of amides is 2. The van der Waals surface area contributed by atoms with Crippen LogP contribution < -0.4 is 15.5 Å². The summed E-state index contributed by atoms with van der Waals surface area (Å²) in [6, 6.07) is 10.9. The molecule has 3 rings (SSSR count). The lowest BCUT2D eigenvalue weighted by molar-refractivity contribution is 0.149. The molecule has 1 aromatic heterocycles. The number of aliphatic hydroxyl groups is 1. The van der Waals surface area contributed by atoms with Gasteiger partial charge < -0.3 is 25.1 Å². The molecule has 0 spiro atoms. The van der Waals surface area contributed by atoms with E-state index >= 15 is 0 Å². The molecule has 1 fully saturated rings. The summed E-state index contributed by atoms with van der Waals surface area (Å²) in [6.07, 6.45) is 4.34. The van der Waals surface area contributed by atoms with Crippen LogP contribution >= 0.6 is 0 Å². The molecular weight excluding hydrogens is 306 g/mol. The normalized spacial score (nSPS) is 15.8. The third-order valence-electron chi connectivity index (χ3n) is 4.15. The van der Waals surface area contributed by atoms with E-state index in [0.717, 1.165) is 24.5 Å². The van der Waals surface area contributed by atoms with Gasteiger partial charge >= 0.3 is 6.03 Å². The Hall–Kier alpha value is -2.47. The van der Waals surface area contributed by atoms with Crippen LogP contribution in [0, 0.1) is 0 Å². The van der Waals surface area contributed by atoms with Crippen LogP contribution in [0.5, 0.6) is 0 Å². The van der Waals surface area contributed by atoms with Gasteiger partial charge in [-0.15, -0.1) is 0 Å². The van der Waals surface area contributed by atoms with Crippen molar-refractivity contribution in [3.8, 4) is 0 Å². The van der Waals surface area contributed by atoms with Gasteiger partial charge in [0.2, 0.25) is 0 Å². The Morgan fingerprint density at radius 1 is 1.21 bits per heavy atom. The number of carbonyl (C=O) groups excluding carboxylic acids is 1. The minimum absolute atomic E-state index is 0.0885. The molecule has 1 aliphatic rings. The fourth-order valence-corrected chi connectivity index (χ4v) is 2.88. The summed E-state index contributed by atoms with van der Waals surface area (Å²) in [7, 11) is 0. The van der Waals surface area contributed by atoms with Crippen LogP contribution in [-0.2, 0) is 0 Å². The molecular formula is C18H23N3O3. The van der Waals surface area contributed by atoms with E-state index in [1.807, 2.05) is 18.2 Å². The van der Waals surface area contributed by atoms with Gasteiger partial charge in [-0.25, -0.2) is 4.79 Å². The van der Waals surface area contributed by atoms with Crippen molar-refractivity contribution in [1.29, 1.82) is 0 Å². The molecule has 0 aliphatic carbocycles. The van der Waals surface area contributed by atoms with Crippen molar-refractivity contribution in [2.45, 2.75) is 25.4 Å². The average Bonchev–Trinajstić information content (AvgIpc) is 3.15. The summed E-state index contributed by atoms with van der Waals surface area (Å²) in [5.74, 6) is 0.433. The van der Waals surface area contributed by atoms with Crippen molar-refractivity contribution < 1.29 is 14.3 Å². The van der Waals surface area contributed by atoms with Crippen molar-refractivity contribution in [2.24, 2.45) is 0 Å². The first-order chi connectivity index (χ1) is 11.7. The van der Waals surface area contributed by atoms with E-state index in [1.165, 1.54) is 25.5 Å². The molecule has 128 valence electrons. The topological polar surface area (TPSA) is 77.7 Å². The van der Waals surface area contributed by atoms with Gasteiger partial charge in [-0.2, -0.15) is 0 Å². The Kier molecular flexibility index (Phi) is 5.38. The average molecular weight is 329 g/mol.